The van der Waals surface area contributed by atoms with Gasteiger partial charge in [-0.3, -0.25) is 11.3 Å². The molecule has 158 valence electrons. The van der Waals surface area contributed by atoms with E-state index in [2.05, 4.69) is 72.6 Å². The zero-order valence-electron chi connectivity index (χ0n) is 19.8. The molecule has 3 aromatic rings. The van der Waals surface area contributed by atoms with Crippen LogP contribution in [0.1, 0.15) is 44.4 Å². The first-order valence-corrected chi connectivity index (χ1v) is 11.6. The smallest absolute Gasteiger partial charge is 0.467 e. The molecule has 0 atom stereocenters. The molecule has 1 heterocycles. The maximum Gasteiger partial charge on any atom is 1.00 e. The van der Waals surface area contributed by atoms with Crippen molar-refractivity contribution >= 4 is 17.0 Å². The summed E-state index contributed by atoms with van der Waals surface area (Å²) in [6.45, 7) is 16.2. The largest absolute Gasteiger partial charge is 1.00 e. The third-order valence-corrected chi connectivity index (χ3v) is 6.00. The van der Waals surface area contributed by atoms with Crippen molar-refractivity contribution in [1.82, 2.24) is 4.90 Å². The van der Waals surface area contributed by atoms with Crippen LogP contribution >= 0.6 is 11.3 Å². The van der Waals surface area contributed by atoms with Gasteiger partial charge in [-0.05, 0) is 35.6 Å². The topological polar surface area (TPSA) is 3.24 Å². The second-order valence-corrected chi connectivity index (χ2v) is 7.66. The fourth-order valence-electron chi connectivity index (χ4n) is 3.90. The van der Waals surface area contributed by atoms with E-state index in [4.69, 9.17) is 0 Å². The molecule has 0 radical (unpaired) electrons. The van der Waals surface area contributed by atoms with Crippen LogP contribution in [0.25, 0.3) is 28.0 Å². The summed E-state index contributed by atoms with van der Waals surface area (Å²) in [6.07, 6.45) is 10.1. The van der Waals surface area contributed by atoms with Crippen LogP contribution in [0.2, 0.25) is 0 Å². The zero-order chi connectivity index (χ0) is 22.4. The third-order valence-electron chi connectivity index (χ3n) is 5.32. The Balaban J connectivity index is 0.00000118. The molecule has 0 saturated heterocycles. The molecule has 3 heteroatoms. The Morgan fingerprint density at radius 2 is 1.78 bits per heavy atom. The second kappa shape index (κ2) is 12.7. The van der Waals surface area contributed by atoms with Crippen molar-refractivity contribution in [2.24, 2.45) is 0 Å². The summed E-state index contributed by atoms with van der Waals surface area (Å²) in [6, 6.07) is 15.4. The van der Waals surface area contributed by atoms with E-state index < -0.39 is 0 Å². The van der Waals surface area contributed by atoms with E-state index in [1.807, 2.05) is 50.8 Å². The standard InChI is InChI=1S/C27H23NS.C2H6.K/c1-5-10-23(6-2)28(7-3)19(4)26-17-29-18-27(26)22-14-13-21-15-20-11-8-9-12-24(20)25(21)16-22;1-2;/h5-6,8-14,16,18H,3-4,15H2,1-2H3;1-2H3;/q-2;;+1/b10-5-,23-6+;;. The van der Waals surface area contributed by atoms with Gasteiger partial charge in [-0.15, -0.1) is 41.9 Å². The van der Waals surface area contributed by atoms with Gasteiger partial charge in [0.15, 0.2) is 0 Å². The average Bonchev–Trinajstić information content (AvgIpc) is 3.44. The summed E-state index contributed by atoms with van der Waals surface area (Å²) in [5.74, 6) is 0. The summed E-state index contributed by atoms with van der Waals surface area (Å²) in [7, 11) is 0. The van der Waals surface area contributed by atoms with Gasteiger partial charge >= 0.3 is 51.4 Å². The minimum atomic E-state index is 0. The van der Waals surface area contributed by atoms with Gasteiger partial charge in [-0.1, -0.05) is 97.7 Å². The molecule has 1 nitrogen and oxygen atoms in total. The molecule has 32 heavy (non-hydrogen) atoms. The first kappa shape index (κ1) is 26.8. The van der Waals surface area contributed by atoms with Gasteiger partial charge in [0.05, 0.1) is 0 Å². The molecule has 0 saturated carbocycles. The number of hydrogen-bond donors (Lipinski definition) is 0. The molecule has 4 rings (SSSR count). The van der Waals surface area contributed by atoms with Crippen molar-refractivity contribution in [3.63, 3.8) is 0 Å². The Morgan fingerprint density at radius 3 is 2.47 bits per heavy atom. The van der Waals surface area contributed by atoms with Gasteiger partial charge in [0.2, 0.25) is 0 Å². The van der Waals surface area contributed by atoms with E-state index in [-0.39, 0.29) is 51.4 Å². The number of fused-ring (bicyclic) bond motifs is 3. The van der Waals surface area contributed by atoms with Crippen molar-refractivity contribution in [3.05, 3.63) is 113 Å². The molecular weight excluding hydrogens is 433 g/mol. The fourth-order valence-corrected chi connectivity index (χ4v) is 4.68. The van der Waals surface area contributed by atoms with E-state index >= 15 is 0 Å². The van der Waals surface area contributed by atoms with Crippen molar-refractivity contribution in [3.8, 4) is 22.3 Å². The van der Waals surface area contributed by atoms with E-state index in [9.17, 15) is 0 Å². The first-order chi connectivity index (χ1) is 15.2. The fraction of sp³-hybridized carbons (Fsp3) is 0.172. The molecule has 1 aliphatic rings. The van der Waals surface area contributed by atoms with Gasteiger partial charge < -0.3 is 4.90 Å². The minimum Gasteiger partial charge on any atom is -0.467 e. The predicted octanol–water partition coefficient (Wildman–Crippen LogP) is 5.52. The number of benzene rings is 2. The third kappa shape index (κ3) is 5.36. The maximum atomic E-state index is 4.34. The predicted molar refractivity (Wildman–Crippen MR) is 136 cm³/mol. The Bertz CT molecular complexity index is 1150. The van der Waals surface area contributed by atoms with E-state index in [1.165, 1.54) is 27.8 Å². The van der Waals surface area contributed by atoms with Crippen LogP contribution in [-0.4, -0.2) is 4.90 Å². The van der Waals surface area contributed by atoms with Crippen LogP contribution < -0.4 is 51.4 Å². The molecule has 0 bridgehead atoms. The van der Waals surface area contributed by atoms with Gasteiger partial charge in [0, 0.05) is 0 Å². The van der Waals surface area contributed by atoms with Crippen LogP contribution in [0, 0.1) is 11.6 Å². The van der Waals surface area contributed by atoms with Crippen molar-refractivity contribution in [2.75, 3.05) is 0 Å². The number of rotatable bonds is 6. The summed E-state index contributed by atoms with van der Waals surface area (Å²) < 4.78 is 0. The summed E-state index contributed by atoms with van der Waals surface area (Å²) in [5.41, 5.74) is 10.6. The summed E-state index contributed by atoms with van der Waals surface area (Å²) >= 11 is 1.57. The van der Waals surface area contributed by atoms with E-state index in [1.54, 1.807) is 11.3 Å². The second-order valence-electron chi connectivity index (χ2n) is 6.99. The molecule has 1 aromatic heterocycles. The monoisotopic (exact) mass is 462 g/mol. The Hall–Kier alpha value is -1.46. The van der Waals surface area contributed by atoms with Crippen LogP contribution in [0.3, 0.4) is 0 Å². The molecule has 0 amide bonds. The Morgan fingerprint density at radius 1 is 1.06 bits per heavy atom. The number of allylic oxidation sites excluding steroid dienone is 3. The molecule has 0 N–H and O–H groups in total. The SMILES string of the molecule is C=[C-]N(C(=C)c1[c-]scc1-c1ccc2c(c1)-c1ccccc1C2)C(/C=C\C)=C/C.CC.[K+]. The van der Waals surface area contributed by atoms with Crippen molar-refractivity contribution < 1.29 is 51.4 Å². The van der Waals surface area contributed by atoms with Gasteiger partial charge in [0.1, 0.15) is 0 Å². The van der Waals surface area contributed by atoms with Gasteiger partial charge in [-0.2, -0.15) is 0 Å². The average molecular weight is 463 g/mol. The number of nitrogens with zero attached hydrogens (tertiary/aromatic N) is 1. The number of thiophene rings is 1. The van der Waals surface area contributed by atoms with Crippen molar-refractivity contribution in [1.29, 1.82) is 0 Å². The molecular formula is C29H29KNS-. The van der Waals surface area contributed by atoms with Gasteiger partial charge in [-0.25, -0.2) is 0 Å². The minimum absolute atomic E-state index is 0. The van der Waals surface area contributed by atoms with E-state index in [0.717, 1.165) is 28.9 Å². The molecule has 1 aliphatic carbocycles. The Kier molecular flexibility index (Phi) is 10.6. The van der Waals surface area contributed by atoms with Crippen LogP contribution in [0.5, 0.6) is 0 Å². The summed E-state index contributed by atoms with van der Waals surface area (Å²) in [4.78, 5) is 1.89. The molecule has 0 spiro atoms. The van der Waals surface area contributed by atoms with Crippen molar-refractivity contribution in [2.45, 2.75) is 34.1 Å². The van der Waals surface area contributed by atoms with Crippen LogP contribution in [0.15, 0.2) is 84.9 Å². The van der Waals surface area contributed by atoms with Gasteiger partial charge in [0.25, 0.3) is 0 Å². The summed E-state index contributed by atoms with van der Waals surface area (Å²) in [5, 5.41) is 5.56. The van der Waals surface area contributed by atoms with Crippen LogP contribution in [0.4, 0.5) is 0 Å². The van der Waals surface area contributed by atoms with Crippen LogP contribution in [-0.2, 0) is 6.42 Å². The molecule has 0 unspecified atom stereocenters. The zero-order valence-corrected chi connectivity index (χ0v) is 23.8. The Labute approximate surface area is 240 Å². The van der Waals surface area contributed by atoms with E-state index in [0.29, 0.717) is 0 Å². The normalized spacial score (nSPS) is 11.7. The quantitative estimate of drug-likeness (QED) is 0.158. The maximum absolute atomic E-state index is 4.34. The first-order valence-electron chi connectivity index (χ1n) is 10.7. The molecule has 2 aromatic carbocycles. The molecule has 0 fully saturated rings. The molecule has 0 aliphatic heterocycles. The number of hydrogen-bond acceptors (Lipinski definition) is 2.